The van der Waals surface area contributed by atoms with Crippen LogP contribution in [-0.4, -0.2) is 24.2 Å². The Hall–Kier alpha value is -1.60. The molecule has 1 heterocycles. The second kappa shape index (κ2) is 4.95. The van der Waals surface area contributed by atoms with Crippen molar-refractivity contribution in [3.8, 4) is 6.07 Å². The van der Waals surface area contributed by atoms with Crippen LogP contribution in [-0.2, 0) is 4.74 Å². The molecule has 2 atom stereocenters. The first-order valence-electron chi connectivity index (χ1n) is 5.48. The number of pyridine rings is 1. The van der Waals surface area contributed by atoms with Gasteiger partial charge in [-0.1, -0.05) is 0 Å². The van der Waals surface area contributed by atoms with Gasteiger partial charge in [-0.05, 0) is 25.3 Å². The van der Waals surface area contributed by atoms with Crippen molar-refractivity contribution in [2.24, 2.45) is 0 Å². The van der Waals surface area contributed by atoms with Gasteiger partial charge < -0.3 is 10.1 Å². The summed E-state index contributed by atoms with van der Waals surface area (Å²) in [6.45, 7) is 0. The molecule has 0 aromatic carbocycles. The van der Waals surface area contributed by atoms with Crippen molar-refractivity contribution >= 4 is 5.69 Å². The molecule has 1 aliphatic carbocycles. The number of hydrogen-bond acceptors (Lipinski definition) is 4. The summed E-state index contributed by atoms with van der Waals surface area (Å²) in [6.07, 6.45) is 6.90. The second-order valence-electron chi connectivity index (χ2n) is 3.99. The van der Waals surface area contributed by atoms with Crippen LogP contribution in [0.25, 0.3) is 0 Å². The van der Waals surface area contributed by atoms with Crippen molar-refractivity contribution in [1.29, 1.82) is 5.26 Å². The largest absolute Gasteiger partial charge is 0.379 e. The molecule has 1 fully saturated rings. The van der Waals surface area contributed by atoms with Gasteiger partial charge in [-0.3, -0.25) is 4.98 Å². The molecule has 1 aromatic rings. The predicted molar refractivity (Wildman–Crippen MR) is 61.0 cm³/mol. The zero-order valence-corrected chi connectivity index (χ0v) is 9.31. The highest BCUT2D eigenvalue weighted by atomic mass is 16.5. The smallest absolute Gasteiger partial charge is 0.101 e. The Bertz CT molecular complexity index is 399. The fraction of sp³-hybridized carbons (Fsp3) is 0.500. The third-order valence-corrected chi connectivity index (χ3v) is 3.04. The molecule has 1 aromatic heterocycles. The van der Waals surface area contributed by atoms with E-state index in [9.17, 15) is 0 Å². The summed E-state index contributed by atoms with van der Waals surface area (Å²) in [5.41, 5.74) is 1.44. The lowest BCUT2D eigenvalue weighted by Crippen LogP contribution is -2.30. The van der Waals surface area contributed by atoms with Crippen LogP contribution in [0.1, 0.15) is 24.8 Å². The molecule has 2 rings (SSSR count). The van der Waals surface area contributed by atoms with Gasteiger partial charge in [0.25, 0.3) is 0 Å². The van der Waals surface area contributed by atoms with E-state index in [2.05, 4.69) is 16.4 Å². The summed E-state index contributed by atoms with van der Waals surface area (Å²) in [5.74, 6) is 0. The van der Waals surface area contributed by atoms with Crippen molar-refractivity contribution in [1.82, 2.24) is 4.98 Å². The zero-order chi connectivity index (χ0) is 11.4. The number of methoxy groups -OCH3 is 1. The monoisotopic (exact) mass is 217 g/mol. The van der Waals surface area contributed by atoms with Crippen LogP contribution in [0, 0.1) is 11.3 Å². The molecule has 2 unspecified atom stereocenters. The fourth-order valence-electron chi connectivity index (χ4n) is 2.18. The Morgan fingerprint density at radius 2 is 2.44 bits per heavy atom. The maximum absolute atomic E-state index is 8.97. The molecule has 0 amide bonds. The minimum Gasteiger partial charge on any atom is -0.379 e. The summed E-state index contributed by atoms with van der Waals surface area (Å²) in [4.78, 5) is 4.03. The fourth-order valence-corrected chi connectivity index (χ4v) is 2.18. The third kappa shape index (κ3) is 2.15. The Morgan fingerprint density at radius 3 is 3.19 bits per heavy atom. The van der Waals surface area contributed by atoms with Gasteiger partial charge in [0.15, 0.2) is 0 Å². The summed E-state index contributed by atoms with van der Waals surface area (Å²) < 4.78 is 5.40. The van der Waals surface area contributed by atoms with Gasteiger partial charge in [-0.25, -0.2) is 0 Å². The molecular weight excluding hydrogens is 202 g/mol. The quantitative estimate of drug-likeness (QED) is 0.840. The second-order valence-corrected chi connectivity index (χ2v) is 3.99. The highest BCUT2D eigenvalue weighted by Gasteiger charge is 2.27. The molecule has 1 aliphatic rings. The zero-order valence-electron chi connectivity index (χ0n) is 9.31. The van der Waals surface area contributed by atoms with Gasteiger partial charge in [-0.2, -0.15) is 5.26 Å². The van der Waals surface area contributed by atoms with E-state index in [0.717, 1.165) is 18.5 Å². The van der Waals surface area contributed by atoms with Gasteiger partial charge in [0.05, 0.1) is 29.6 Å². The van der Waals surface area contributed by atoms with Crippen LogP contribution in [0.5, 0.6) is 0 Å². The Labute approximate surface area is 95.3 Å². The lowest BCUT2D eigenvalue weighted by atomic mass is 10.1. The minimum atomic E-state index is 0.242. The average Bonchev–Trinajstić information content (AvgIpc) is 2.77. The van der Waals surface area contributed by atoms with Crippen molar-refractivity contribution < 1.29 is 4.74 Å². The van der Waals surface area contributed by atoms with Crippen LogP contribution >= 0.6 is 0 Å². The molecule has 1 saturated carbocycles. The topological polar surface area (TPSA) is 57.9 Å². The molecule has 4 nitrogen and oxygen atoms in total. The molecule has 16 heavy (non-hydrogen) atoms. The van der Waals surface area contributed by atoms with E-state index in [4.69, 9.17) is 10.00 Å². The molecule has 84 valence electrons. The molecule has 0 radical (unpaired) electrons. The van der Waals surface area contributed by atoms with Gasteiger partial charge in [0.1, 0.15) is 6.07 Å². The minimum absolute atomic E-state index is 0.242. The first-order valence-corrected chi connectivity index (χ1v) is 5.48. The van der Waals surface area contributed by atoms with Crippen LogP contribution in [0.2, 0.25) is 0 Å². The van der Waals surface area contributed by atoms with Gasteiger partial charge in [0, 0.05) is 13.3 Å². The van der Waals surface area contributed by atoms with Crippen LogP contribution < -0.4 is 5.32 Å². The normalized spacial score (nSPS) is 24.0. The van der Waals surface area contributed by atoms with Crippen molar-refractivity contribution in [2.45, 2.75) is 31.4 Å². The van der Waals surface area contributed by atoms with E-state index in [1.165, 1.54) is 6.42 Å². The van der Waals surface area contributed by atoms with Gasteiger partial charge in [-0.15, -0.1) is 0 Å². The van der Waals surface area contributed by atoms with E-state index in [1.807, 2.05) is 0 Å². The SMILES string of the molecule is COC1CCCC1Nc1cnccc1C#N. The molecule has 1 N–H and O–H groups in total. The number of rotatable bonds is 3. The molecule has 0 saturated heterocycles. The lowest BCUT2D eigenvalue weighted by molar-refractivity contribution is 0.101. The van der Waals surface area contributed by atoms with E-state index in [0.29, 0.717) is 11.6 Å². The van der Waals surface area contributed by atoms with Gasteiger partial charge in [0.2, 0.25) is 0 Å². The highest BCUT2D eigenvalue weighted by molar-refractivity contribution is 5.56. The first kappa shape index (κ1) is 10.9. The number of ether oxygens (including phenoxy) is 1. The Balaban J connectivity index is 2.12. The molecular formula is C12H15N3O. The maximum atomic E-state index is 8.97. The number of hydrogen-bond donors (Lipinski definition) is 1. The first-order chi connectivity index (χ1) is 7.85. The number of nitrogens with one attached hydrogen (secondary N) is 1. The van der Waals surface area contributed by atoms with Crippen molar-refractivity contribution in [2.75, 3.05) is 12.4 Å². The number of nitriles is 1. The number of anilines is 1. The highest BCUT2D eigenvalue weighted by Crippen LogP contribution is 2.25. The van der Waals surface area contributed by atoms with E-state index < -0.39 is 0 Å². The molecule has 4 heteroatoms. The molecule has 0 aliphatic heterocycles. The molecule has 0 bridgehead atoms. The third-order valence-electron chi connectivity index (χ3n) is 3.04. The summed E-state index contributed by atoms with van der Waals surface area (Å²) in [5, 5.41) is 12.3. The molecule has 0 spiro atoms. The van der Waals surface area contributed by atoms with Crippen molar-refractivity contribution in [3.63, 3.8) is 0 Å². The van der Waals surface area contributed by atoms with E-state index >= 15 is 0 Å². The summed E-state index contributed by atoms with van der Waals surface area (Å²) in [7, 11) is 1.74. The van der Waals surface area contributed by atoms with Crippen LogP contribution in [0.4, 0.5) is 5.69 Å². The maximum Gasteiger partial charge on any atom is 0.101 e. The standard InChI is InChI=1S/C12H15N3O/c1-16-12-4-2-3-10(12)15-11-8-14-6-5-9(11)7-13/h5-6,8,10,12,15H,2-4H2,1H3. The van der Waals surface area contributed by atoms with E-state index in [1.54, 1.807) is 25.6 Å². The Morgan fingerprint density at radius 1 is 1.56 bits per heavy atom. The van der Waals surface area contributed by atoms with E-state index in [-0.39, 0.29) is 6.10 Å². The van der Waals surface area contributed by atoms with Crippen LogP contribution in [0.3, 0.4) is 0 Å². The van der Waals surface area contributed by atoms with Crippen molar-refractivity contribution in [3.05, 3.63) is 24.0 Å². The van der Waals surface area contributed by atoms with Gasteiger partial charge >= 0.3 is 0 Å². The lowest BCUT2D eigenvalue weighted by Gasteiger charge is -2.20. The number of aromatic nitrogens is 1. The average molecular weight is 217 g/mol. The Kier molecular flexibility index (Phi) is 3.37. The summed E-state index contributed by atoms with van der Waals surface area (Å²) >= 11 is 0. The predicted octanol–water partition coefficient (Wildman–Crippen LogP) is 1.93. The summed E-state index contributed by atoms with van der Waals surface area (Å²) in [6, 6.07) is 4.17. The number of nitrogens with zero attached hydrogens (tertiary/aromatic N) is 2. The van der Waals surface area contributed by atoms with Crippen LogP contribution in [0.15, 0.2) is 18.5 Å².